The first-order valence-corrected chi connectivity index (χ1v) is 5.61. The molecule has 0 heterocycles. The van der Waals surface area contributed by atoms with Gasteiger partial charge in [-0.15, -0.1) is 0 Å². The van der Waals surface area contributed by atoms with Crippen molar-refractivity contribution < 1.29 is 44.1 Å². The Kier molecular flexibility index (Phi) is 6.23. The van der Waals surface area contributed by atoms with E-state index in [9.17, 15) is 9.36 Å². The molecule has 0 unspecified atom stereocenters. The summed E-state index contributed by atoms with van der Waals surface area (Å²) in [6, 6.07) is 0. The number of ketones is 1. The lowest BCUT2D eigenvalue weighted by Crippen LogP contribution is -2.43. The van der Waals surface area contributed by atoms with E-state index < -0.39 is 45.1 Å². The van der Waals surface area contributed by atoms with Gasteiger partial charge in [-0.1, -0.05) is 0 Å². The molecule has 0 aromatic rings. The molecule has 3 atom stereocenters. The van der Waals surface area contributed by atoms with E-state index in [0.29, 0.717) is 0 Å². The van der Waals surface area contributed by atoms with Crippen LogP contribution in [0, 0.1) is 0 Å². The number of hydrogen-bond acceptors (Lipinski definition) is 7. The predicted octanol–water partition coefficient (Wildman–Crippen LogP) is -3.26. The minimum atomic E-state index is -4.83. The average molecular weight is 260 g/mol. The summed E-state index contributed by atoms with van der Waals surface area (Å²) in [6.45, 7) is -1.93. The summed E-state index contributed by atoms with van der Waals surface area (Å²) in [4.78, 5) is 27.6. The van der Waals surface area contributed by atoms with Gasteiger partial charge >= 0.3 is 7.82 Å². The van der Waals surface area contributed by atoms with Crippen molar-refractivity contribution in [3.63, 3.8) is 0 Å². The number of Topliss-reactive ketones (excluding diaryl/α,β-unsaturated/α-hetero) is 1. The van der Waals surface area contributed by atoms with E-state index in [4.69, 9.17) is 30.2 Å². The topological polar surface area (TPSA) is 165 Å². The van der Waals surface area contributed by atoms with Crippen molar-refractivity contribution in [2.75, 3.05) is 13.2 Å². The number of hydrogen-bond donors (Lipinski definition) is 6. The van der Waals surface area contributed by atoms with E-state index in [-0.39, 0.29) is 0 Å². The molecule has 16 heavy (non-hydrogen) atoms. The van der Waals surface area contributed by atoms with Crippen molar-refractivity contribution in [3.05, 3.63) is 0 Å². The van der Waals surface area contributed by atoms with Crippen LogP contribution in [0.15, 0.2) is 0 Å². The summed E-state index contributed by atoms with van der Waals surface area (Å²) in [5, 5.41) is 35.3. The lowest BCUT2D eigenvalue weighted by Gasteiger charge is -2.17. The Labute approximate surface area is 90.2 Å². The second-order valence-corrected chi connectivity index (χ2v) is 4.14. The van der Waals surface area contributed by atoms with Crippen molar-refractivity contribution in [2.45, 2.75) is 18.3 Å². The Hall–Kier alpha value is -0.380. The predicted molar refractivity (Wildman–Crippen MR) is 48.1 cm³/mol. The highest BCUT2D eigenvalue weighted by molar-refractivity contribution is 7.46. The molecule has 0 amide bonds. The fraction of sp³-hybridized carbons (Fsp3) is 0.833. The van der Waals surface area contributed by atoms with Gasteiger partial charge in [0.05, 0.1) is 13.2 Å². The molecule has 0 aliphatic rings. The maximum Gasteiger partial charge on any atom is 0.469 e. The summed E-state index contributed by atoms with van der Waals surface area (Å²) >= 11 is 0. The summed E-state index contributed by atoms with van der Waals surface area (Å²) in [5.74, 6) is -1.31. The molecule has 0 rings (SSSR count). The number of rotatable bonds is 7. The van der Waals surface area contributed by atoms with E-state index in [1.54, 1.807) is 0 Å². The molecule has 0 saturated heterocycles. The van der Waals surface area contributed by atoms with Gasteiger partial charge in [-0.25, -0.2) is 4.57 Å². The van der Waals surface area contributed by atoms with Crippen molar-refractivity contribution in [1.29, 1.82) is 0 Å². The van der Waals surface area contributed by atoms with Crippen LogP contribution in [-0.4, -0.2) is 67.5 Å². The Bertz CT molecular complexity index is 273. The third-order valence-electron chi connectivity index (χ3n) is 1.57. The number of phosphoric ester groups is 1. The third kappa shape index (κ3) is 5.64. The van der Waals surface area contributed by atoms with Crippen LogP contribution < -0.4 is 0 Å². The smallest absolute Gasteiger partial charge is 0.394 e. The van der Waals surface area contributed by atoms with Crippen molar-refractivity contribution in [1.82, 2.24) is 0 Å². The molecular formula is C6H13O9P. The summed E-state index contributed by atoms with van der Waals surface area (Å²) in [6.07, 6.45) is -5.85. The van der Waals surface area contributed by atoms with Crippen LogP contribution in [0.1, 0.15) is 0 Å². The number of carbonyl (C=O) groups is 1. The van der Waals surface area contributed by atoms with Gasteiger partial charge < -0.3 is 30.2 Å². The van der Waals surface area contributed by atoms with Crippen LogP contribution in [0.25, 0.3) is 0 Å². The first kappa shape index (κ1) is 15.6. The van der Waals surface area contributed by atoms with Gasteiger partial charge in [0, 0.05) is 0 Å². The Morgan fingerprint density at radius 2 is 1.75 bits per heavy atom. The number of aliphatic hydroxyl groups is 4. The fourth-order valence-corrected chi connectivity index (χ4v) is 1.07. The van der Waals surface area contributed by atoms with Gasteiger partial charge in [0.15, 0.2) is 5.78 Å². The summed E-state index contributed by atoms with van der Waals surface area (Å²) in [5.41, 5.74) is 0. The highest BCUT2D eigenvalue weighted by Crippen LogP contribution is 2.35. The third-order valence-corrected chi connectivity index (χ3v) is 2.06. The molecule has 0 aromatic carbocycles. The van der Waals surface area contributed by atoms with Gasteiger partial charge in [-0.05, 0) is 0 Å². The largest absolute Gasteiger partial charge is 0.469 e. The molecule has 10 heteroatoms. The fourth-order valence-electron chi connectivity index (χ4n) is 0.736. The van der Waals surface area contributed by atoms with Crippen LogP contribution in [0.5, 0.6) is 0 Å². The van der Waals surface area contributed by atoms with E-state index in [0.717, 1.165) is 0 Å². The van der Waals surface area contributed by atoms with Gasteiger partial charge in [0.25, 0.3) is 0 Å². The summed E-state index contributed by atoms with van der Waals surface area (Å²) in [7, 11) is -4.83. The van der Waals surface area contributed by atoms with Crippen molar-refractivity contribution in [2.24, 2.45) is 0 Å². The molecule has 0 aliphatic carbocycles. The van der Waals surface area contributed by atoms with E-state index >= 15 is 0 Å². The maximum atomic E-state index is 11.1. The molecule has 6 N–H and O–H groups in total. The molecule has 0 saturated carbocycles. The SMILES string of the molecule is O=C([C@H](O)COP(=O)(O)O)[C@@H](O)[C@H](O)CO. The van der Waals surface area contributed by atoms with Gasteiger partial charge in [0.2, 0.25) is 0 Å². The molecule has 96 valence electrons. The number of phosphoric acid groups is 1. The first-order chi connectivity index (χ1) is 7.19. The second kappa shape index (κ2) is 6.38. The second-order valence-electron chi connectivity index (χ2n) is 2.90. The number of carbonyl (C=O) groups excluding carboxylic acids is 1. The zero-order valence-electron chi connectivity index (χ0n) is 8.00. The zero-order valence-corrected chi connectivity index (χ0v) is 8.90. The first-order valence-electron chi connectivity index (χ1n) is 4.08. The molecule has 0 aliphatic heterocycles. The molecule has 0 radical (unpaired) electrons. The Morgan fingerprint density at radius 1 is 1.25 bits per heavy atom. The standard InChI is InChI=1S/C6H13O9P/c7-1-3(8)5(10)6(11)4(9)2-15-16(12,13)14/h3-5,7-10H,1-2H2,(H2,12,13,14)/t3-,4-,5+/m1/s1. The number of aliphatic hydroxyl groups excluding tert-OH is 4. The monoisotopic (exact) mass is 260 g/mol. The Balaban J connectivity index is 4.23. The highest BCUT2D eigenvalue weighted by atomic mass is 31.2. The lowest BCUT2D eigenvalue weighted by molar-refractivity contribution is -0.144. The molecular weight excluding hydrogens is 247 g/mol. The van der Waals surface area contributed by atoms with Crippen LogP contribution in [-0.2, 0) is 13.9 Å². The van der Waals surface area contributed by atoms with Crippen molar-refractivity contribution >= 4 is 13.6 Å². The van der Waals surface area contributed by atoms with Crippen LogP contribution in [0.3, 0.4) is 0 Å². The Morgan fingerprint density at radius 3 is 2.12 bits per heavy atom. The minimum absolute atomic E-state index is 0.904. The normalized spacial score (nSPS) is 17.9. The van der Waals surface area contributed by atoms with Gasteiger partial charge in [-0.2, -0.15) is 0 Å². The maximum absolute atomic E-state index is 11.1. The highest BCUT2D eigenvalue weighted by Gasteiger charge is 2.30. The van der Waals surface area contributed by atoms with E-state index in [1.165, 1.54) is 0 Å². The molecule has 0 bridgehead atoms. The van der Waals surface area contributed by atoms with Gasteiger partial charge in [0.1, 0.15) is 18.3 Å². The molecule has 0 aromatic heterocycles. The van der Waals surface area contributed by atoms with Crippen LogP contribution in [0.2, 0.25) is 0 Å². The van der Waals surface area contributed by atoms with Crippen LogP contribution >= 0.6 is 7.82 Å². The zero-order chi connectivity index (χ0) is 12.9. The molecule has 9 nitrogen and oxygen atoms in total. The molecule has 0 spiro atoms. The quantitative estimate of drug-likeness (QED) is 0.258. The average Bonchev–Trinajstić information content (AvgIpc) is 2.21. The van der Waals surface area contributed by atoms with E-state index in [2.05, 4.69) is 4.52 Å². The minimum Gasteiger partial charge on any atom is -0.394 e. The van der Waals surface area contributed by atoms with Crippen LogP contribution in [0.4, 0.5) is 0 Å². The van der Waals surface area contributed by atoms with E-state index in [1.807, 2.05) is 0 Å². The lowest BCUT2D eigenvalue weighted by atomic mass is 10.1. The van der Waals surface area contributed by atoms with Gasteiger partial charge in [-0.3, -0.25) is 9.32 Å². The summed E-state index contributed by atoms with van der Waals surface area (Å²) < 4.78 is 14.0. The molecule has 0 fully saturated rings. The van der Waals surface area contributed by atoms with Crippen molar-refractivity contribution in [3.8, 4) is 0 Å².